The second-order valence-electron chi connectivity index (χ2n) is 4.42. The Morgan fingerprint density at radius 1 is 1.62 bits per heavy atom. The van der Waals surface area contributed by atoms with Crippen LogP contribution in [0.25, 0.3) is 0 Å². The van der Waals surface area contributed by atoms with Crippen molar-refractivity contribution in [1.29, 1.82) is 5.41 Å². The van der Waals surface area contributed by atoms with E-state index in [-0.39, 0.29) is 11.6 Å². The molecule has 0 saturated heterocycles. The molecule has 0 radical (unpaired) electrons. The van der Waals surface area contributed by atoms with Crippen LogP contribution >= 0.6 is 0 Å². The molecule has 90 valence electrons. The van der Waals surface area contributed by atoms with E-state index in [9.17, 15) is 9.90 Å². The van der Waals surface area contributed by atoms with Crippen molar-refractivity contribution in [2.45, 2.75) is 38.3 Å². The number of hydrogen-bond acceptors (Lipinski definition) is 5. The predicted octanol–water partition coefficient (Wildman–Crippen LogP) is 0.586. The largest absolute Gasteiger partial charge is 0.465 e. The van der Waals surface area contributed by atoms with Crippen LogP contribution in [0.15, 0.2) is 11.3 Å². The van der Waals surface area contributed by atoms with Crippen LogP contribution in [0, 0.1) is 5.41 Å². The van der Waals surface area contributed by atoms with Crippen LogP contribution < -0.4 is 5.32 Å². The second kappa shape index (κ2) is 4.65. The SMILES string of the molecule is COC(=O)/C(C=N)=C(\C)NC1CC(C)(O)C1. The fourth-order valence-corrected chi connectivity index (χ4v) is 1.92. The van der Waals surface area contributed by atoms with Gasteiger partial charge >= 0.3 is 5.97 Å². The molecule has 0 aromatic rings. The van der Waals surface area contributed by atoms with E-state index in [0.717, 1.165) is 6.21 Å². The summed E-state index contributed by atoms with van der Waals surface area (Å²) in [6.45, 7) is 3.51. The van der Waals surface area contributed by atoms with Gasteiger partial charge in [0.15, 0.2) is 0 Å². The zero-order valence-electron chi connectivity index (χ0n) is 9.83. The van der Waals surface area contributed by atoms with Crippen LogP contribution in [-0.4, -0.2) is 36.0 Å². The third-order valence-electron chi connectivity index (χ3n) is 2.75. The summed E-state index contributed by atoms with van der Waals surface area (Å²) in [5.41, 5.74) is 0.227. The van der Waals surface area contributed by atoms with Crippen molar-refractivity contribution in [3.63, 3.8) is 0 Å². The number of nitrogens with one attached hydrogen (secondary N) is 2. The highest BCUT2D eigenvalue weighted by Gasteiger charge is 2.38. The molecule has 1 aliphatic rings. The summed E-state index contributed by atoms with van der Waals surface area (Å²) in [5, 5.41) is 19.8. The van der Waals surface area contributed by atoms with Gasteiger partial charge in [-0.1, -0.05) is 0 Å². The summed E-state index contributed by atoms with van der Waals surface area (Å²) in [6.07, 6.45) is 2.28. The first-order valence-electron chi connectivity index (χ1n) is 5.18. The van der Waals surface area contributed by atoms with E-state index in [1.165, 1.54) is 7.11 Å². The topological polar surface area (TPSA) is 82.4 Å². The van der Waals surface area contributed by atoms with Crippen molar-refractivity contribution in [1.82, 2.24) is 5.32 Å². The maximum Gasteiger partial charge on any atom is 0.341 e. The number of carbonyl (C=O) groups excluding carboxylic acids is 1. The minimum absolute atomic E-state index is 0.162. The fraction of sp³-hybridized carbons (Fsp3) is 0.636. The Balaban J connectivity index is 2.62. The van der Waals surface area contributed by atoms with E-state index in [1.807, 2.05) is 0 Å². The summed E-state index contributed by atoms with van der Waals surface area (Å²) >= 11 is 0. The molecule has 1 saturated carbocycles. The van der Waals surface area contributed by atoms with E-state index >= 15 is 0 Å². The standard InChI is InChI=1S/C11H18N2O3/c1-7(9(6-12)10(14)16-3)13-8-4-11(2,15)5-8/h6,8,12-13,15H,4-5H2,1-3H3/b9-7+,12-6?. The Labute approximate surface area is 95.0 Å². The van der Waals surface area contributed by atoms with Gasteiger partial charge in [0.1, 0.15) is 0 Å². The van der Waals surface area contributed by atoms with Gasteiger partial charge in [-0.2, -0.15) is 0 Å². The monoisotopic (exact) mass is 226 g/mol. The van der Waals surface area contributed by atoms with Gasteiger partial charge in [0, 0.05) is 18.0 Å². The summed E-state index contributed by atoms with van der Waals surface area (Å²) in [6, 6.07) is 0.162. The molecular formula is C11H18N2O3. The predicted molar refractivity (Wildman–Crippen MR) is 60.3 cm³/mol. The molecule has 0 aromatic carbocycles. The van der Waals surface area contributed by atoms with Gasteiger partial charge < -0.3 is 20.6 Å². The molecule has 0 aliphatic heterocycles. The molecule has 1 rings (SSSR count). The molecule has 5 nitrogen and oxygen atoms in total. The van der Waals surface area contributed by atoms with E-state index in [4.69, 9.17) is 5.41 Å². The van der Waals surface area contributed by atoms with Gasteiger partial charge in [-0.05, 0) is 26.7 Å². The van der Waals surface area contributed by atoms with Gasteiger partial charge in [0.05, 0.1) is 18.3 Å². The van der Waals surface area contributed by atoms with Crippen LogP contribution in [0.2, 0.25) is 0 Å². The van der Waals surface area contributed by atoms with Crippen molar-refractivity contribution < 1.29 is 14.6 Å². The fourth-order valence-electron chi connectivity index (χ4n) is 1.92. The van der Waals surface area contributed by atoms with Gasteiger partial charge in [-0.3, -0.25) is 0 Å². The minimum atomic E-state index is -0.603. The molecule has 0 heterocycles. The van der Waals surface area contributed by atoms with Crippen molar-refractivity contribution in [2.24, 2.45) is 0 Å². The quantitative estimate of drug-likeness (QED) is 0.372. The number of carbonyl (C=O) groups is 1. The Morgan fingerprint density at radius 2 is 2.19 bits per heavy atom. The number of hydrogen-bond donors (Lipinski definition) is 3. The lowest BCUT2D eigenvalue weighted by molar-refractivity contribution is -0.135. The molecule has 0 spiro atoms. The number of allylic oxidation sites excluding steroid dienone is 1. The van der Waals surface area contributed by atoms with Crippen LogP contribution in [0.4, 0.5) is 0 Å². The summed E-state index contributed by atoms with van der Waals surface area (Å²) in [7, 11) is 1.28. The normalized spacial score (nSPS) is 29.9. The molecule has 1 aliphatic carbocycles. The molecular weight excluding hydrogens is 208 g/mol. The van der Waals surface area contributed by atoms with Crippen molar-refractivity contribution >= 4 is 12.2 Å². The number of rotatable bonds is 4. The Hall–Kier alpha value is -1.36. The highest BCUT2D eigenvalue weighted by molar-refractivity contribution is 6.09. The molecule has 0 atom stereocenters. The highest BCUT2D eigenvalue weighted by atomic mass is 16.5. The first-order valence-corrected chi connectivity index (χ1v) is 5.18. The number of aliphatic hydroxyl groups is 1. The van der Waals surface area contributed by atoms with Gasteiger partial charge in [-0.25, -0.2) is 4.79 Å². The molecule has 3 N–H and O–H groups in total. The van der Waals surface area contributed by atoms with Crippen molar-refractivity contribution in [3.8, 4) is 0 Å². The average Bonchev–Trinajstić information content (AvgIpc) is 2.15. The van der Waals surface area contributed by atoms with Gasteiger partial charge in [0.25, 0.3) is 0 Å². The lowest BCUT2D eigenvalue weighted by Crippen LogP contribution is -2.51. The van der Waals surface area contributed by atoms with Crippen LogP contribution in [-0.2, 0) is 9.53 Å². The Morgan fingerprint density at radius 3 is 2.56 bits per heavy atom. The maximum atomic E-state index is 11.3. The van der Waals surface area contributed by atoms with Crippen molar-refractivity contribution in [3.05, 3.63) is 11.3 Å². The molecule has 1 fully saturated rings. The number of ether oxygens (including phenoxy) is 1. The third-order valence-corrected chi connectivity index (χ3v) is 2.75. The molecule has 0 aromatic heterocycles. The zero-order chi connectivity index (χ0) is 12.3. The van der Waals surface area contributed by atoms with E-state index in [1.54, 1.807) is 13.8 Å². The third kappa shape index (κ3) is 2.82. The van der Waals surface area contributed by atoms with Crippen LogP contribution in [0.3, 0.4) is 0 Å². The average molecular weight is 226 g/mol. The molecule has 0 amide bonds. The second-order valence-corrected chi connectivity index (χ2v) is 4.42. The summed E-state index contributed by atoms with van der Waals surface area (Å²) < 4.78 is 4.56. The van der Waals surface area contributed by atoms with Gasteiger partial charge in [-0.15, -0.1) is 0 Å². The lowest BCUT2D eigenvalue weighted by Gasteiger charge is -2.42. The first-order chi connectivity index (χ1) is 7.39. The Kier molecular flexibility index (Phi) is 3.70. The molecule has 0 bridgehead atoms. The lowest BCUT2D eigenvalue weighted by atomic mass is 9.77. The molecule has 16 heavy (non-hydrogen) atoms. The molecule has 0 unspecified atom stereocenters. The number of methoxy groups -OCH3 is 1. The molecule has 5 heteroatoms. The minimum Gasteiger partial charge on any atom is -0.465 e. The zero-order valence-corrected chi connectivity index (χ0v) is 9.83. The summed E-state index contributed by atoms with van der Waals surface area (Å²) in [5.74, 6) is -0.522. The van der Waals surface area contributed by atoms with Gasteiger partial charge in [0.2, 0.25) is 0 Å². The first kappa shape index (κ1) is 12.7. The summed E-state index contributed by atoms with van der Waals surface area (Å²) in [4.78, 5) is 11.3. The van der Waals surface area contributed by atoms with E-state index in [2.05, 4.69) is 10.1 Å². The maximum absolute atomic E-state index is 11.3. The Bertz CT molecular complexity index is 326. The van der Waals surface area contributed by atoms with E-state index < -0.39 is 11.6 Å². The van der Waals surface area contributed by atoms with E-state index in [0.29, 0.717) is 18.5 Å². The number of esters is 1. The van der Waals surface area contributed by atoms with Crippen LogP contribution in [0.5, 0.6) is 0 Å². The van der Waals surface area contributed by atoms with Crippen molar-refractivity contribution in [2.75, 3.05) is 7.11 Å². The highest BCUT2D eigenvalue weighted by Crippen LogP contribution is 2.32. The smallest absolute Gasteiger partial charge is 0.341 e. The van der Waals surface area contributed by atoms with Crippen LogP contribution in [0.1, 0.15) is 26.7 Å².